The lowest BCUT2D eigenvalue weighted by atomic mass is 9.94. The average molecular weight is 494 g/mol. The number of hydrogen-bond donors (Lipinski definition) is 3. The Morgan fingerprint density at radius 1 is 1.11 bits per heavy atom. The van der Waals surface area contributed by atoms with E-state index in [0.29, 0.717) is 33.0 Å². The van der Waals surface area contributed by atoms with Crippen LogP contribution in [0.1, 0.15) is 38.8 Å². The van der Waals surface area contributed by atoms with E-state index in [9.17, 15) is 19.4 Å². The normalized spacial score (nSPS) is 14.9. The number of nitrogens with zero attached hydrogens (tertiary/aromatic N) is 2. The van der Waals surface area contributed by atoms with Crippen LogP contribution in [0.15, 0.2) is 54.6 Å². The molecular formula is C26H21ClFN3O4. The first-order valence-corrected chi connectivity index (χ1v) is 11.2. The Bertz CT molecular complexity index is 1450. The van der Waals surface area contributed by atoms with E-state index < -0.39 is 6.04 Å². The van der Waals surface area contributed by atoms with Crippen molar-refractivity contribution in [2.45, 2.75) is 19.5 Å². The molecule has 4 aromatic rings. The molecule has 0 unspecified atom stereocenters. The molecule has 1 aliphatic rings. The number of methoxy groups -OCH3 is 1. The summed E-state index contributed by atoms with van der Waals surface area (Å²) in [6.07, 6.45) is 0. The van der Waals surface area contributed by atoms with Crippen molar-refractivity contribution in [2.75, 3.05) is 7.11 Å². The molecule has 9 heteroatoms. The number of H-pyrrole nitrogens is 1. The summed E-state index contributed by atoms with van der Waals surface area (Å²) < 4.78 is 18.8. The van der Waals surface area contributed by atoms with Gasteiger partial charge in [0, 0.05) is 22.7 Å². The predicted molar refractivity (Wildman–Crippen MR) is 128 cm³/mol. The molecule has 3 aromatic carbocycles. The number of amides is 1. The average Bonchev–Trinajstić information content (AvgIpc) is 3.37. The highest BCUT2D eigenvalue weighted by Crippen LogP contribution is 2.47. The van der Waals surface area contributed by atoms with Crippen molar-refractivity contribution in [3.8, 4) is 28.5 Å². The molecular weight excluding hydrogens is 473 g/mol. The lowest BCUT2D eigenvalue weighted by molar-refractivity contribution is 0.0730. The Labute approximate surface area is 205 Å². The molecule has 2 heterocycles. The molecule has 0 fully saturated rings. The Morgan fingerprint density at radius 3 is 2.57 bits per heavy atom. The summed E-state index contributed by atoms with van der Waals surface area (Å²) in [6, 6.07) is 13.3. The molecule has 5 rings (SSSR count). The molecule has 3 N–H and O–H groups in total. The van der Waals surface area contributed by atoms with E-state index in [1.807, 2.05) is 0 Å². The predicted octanol–water partition coefficient (Wildman–Crippen LogP) is 5.34. The lowest BCUT2D eigenvalue weighted by Crippen LogP contribution is -2.29. The molecule has 1 aromatic heterocycles. The minimum atomic E-state index is -0.634. The third-order valence-electron chi connectivity index (χ3n) is 6.18. The van der Waals surface area contributed by atoms with Gasteiger partial charge in [-0.15, -0.1) is 0 Å². The van der Waals surface area contributed by atoms with Gasteiger partial charge in [-0.2, -0.15) is 5.10 Å². The summed E-state index contributed by atoms with van der Waals surface area (Å²) in [7, 11) is 1.44. The molecule has 7 nitrogen and oxygen atoms in total. The van der Waals surface area contributed by atoms with Crippen LogP contribution >= 0.6 is 11.6 Å². The van der Waals surface area contributed by atoms with Gasteiger partial charge in [0.05, 0.1) is 13.2 Å². The maximum absolute atomic E-state index is 13.5. The number of aromatic hydroxyl groups is 2. The number of aromatic nitrogens is 2. The first-order chi connectivity index (χ1) is 16.8. The van der Waals surface area contributed by atoms with E-state index >= 15 is 0 Å². The number of carbonyl (C=O) groups excluding carboxylic acids is 1. The van der Waals surface area contributed by atoms with Gasteiger partial charge >= 0.3 is 0 Å². The molecule has 1 amide bonds. The summed E-state index contributed by atoms with van der Waals surface area (Å²) in [5, 5.41) is 28.4. The zero-order valence-corrected chi connectivity index (χ0v) is 19.6. The third-order valence-corrected chi connectivity index (χ3v) is 6.59. The minimum absolute atomic E-state index is 0.0207. The highest BCUT2D eigenvalue weighted by Gasteiger charge is 2.42. The van der Waals surface area contributed by atoms with Crippen LogP contribution in [0.3, 0.4) is 0 Å². The van der Waals surface area contributed by atoms with E-state index in [-0.39, 0.29) is 41.2 Å². The quantitative estimate of drug-likeness (QED) is 0.348. The molecule has 0 radical (unpaired) electrons. The number of hydrogen-bond acceptors (Lipinski definition) is 5. The molecule has 178 valence electrons. The Kier molecular flexibility index (Phi) is 5.61. The van der Waals surface area contributed by atoms with Gasteiger partial charge in [-0.25, -0.2) is 4.39 Å². The number of phenolic OH excluding ortho intramolecular Hbond substituents is 2. The number of fused-ring (bicyclic) bond motifs is 1. The second-order valence-corrected chi connectivity index (χ2v) is 8.78. The molecule has 0 saturated carbocycles. The summed E-state index contributed by atoms with van der Waals surface area (Å²) in [5.74, 6) is -0.493. The first-order valence-electron chi connectivity index (χ1n) is 10.8. The number of carbonyl (C=O) groups is 1. The summed E-state index contributed by atoms with van der Waals surface area (Å²) in [6.45, 7) is 1.97. The molecule has 0 aliphatic carbocycles. The fourth-order valence-electron chi connectivity index (χ4n) is 4.42. The Morgan fingerprint density at radius 2 is 1.86 bits per heavy atom. The fourth-order valence-corrected chi connectivity index (χ4v) is 4.58. The van der Waals surface area contributed by atoms with Gasteiger partial charge in [0.15, 0.2) is 11.5 Å². The lowest BCUT2D eigenvalue weighted by Gasteiger charge is -2.27. The van der Waals surface area contributed by atoms with Gasteiger partial charge in [0.25, 0.3) is 5.91 Å². The van der Waals surface area contributed by atoms with Gasteiger partial charge in [-0.3, -0.25) is 9.89 Å². The zero-order chi connectivity index (χ0) is 24.9. The molecule has 0 spiro atoms. The van der Waals surface area contributed by atoms with E-state index in [1.165, 1.54) is 25.3 Å². The topological polar surface area (TPSA) is 98.7 Å². The SMILES string of the molecule is COc1cc([C@@H]2c3c(-c4cc(Cl)c(C)cc4O)n[nH]c3C(=O)N2Cc2ccc(F)cc2)ccc1O. The van der Waals surface area contributed by atoms with Crippen molar-refractivity contribution < 1.29 is 24.1 Å². The van der Waals surface area contributed by atoms with Crippen LogP contribution in [-0.2, 0) is 6.54 Å². The smallest absolute Gasteiger partial charge is 0.273 e. The highest BCUT2D eigenvalue weighted by atomic mass is 35.5. The number of aromatic amines is 1. The fraction of sp³-hybridized carbons (Fsp3) is 0.154. The minimum Gasteiger partial charge on any atom is -0.507 e. The van der Waals surface area contributed by atoms with Crippen LogP contribution in [0.2, 0.25) is 5.02 Å². The molecule has 0 bridgehead atoms. The van der Waals surface area contributed by atoms with Crippen molar-refractivity contribution in [3.05, 3.63) is 93.4 Å². The van der Waals surface area contributed by atoms with Gasteiger partial charge in [0.2, 0.25) is 0 Å². The Hall–Kier alpha value is -4.04. The van der Waals surface area contributed by atoms with Crippen LogP contribution in [0.25, 0.3) is 11.3 Å². The largest absolute Gasteiger partial charge is 0.507 e. The van der Waals surface area contributed by atoms with E-state index in [1.54, 1.807) is 48.2 Å². The van der Waals surface area contributed by atoms with Crippen LogP contribution in [0.4, 0.5) is 4.39 Å². The number of benzene rings is 3. The standard InChI is InChI=1S/C26H21ClFN3O4/c1-13-9-20(33)17(11-18(13)27)23-22-24(30-29-23)26(34)31(12-14-3-6-16(28)7-4-14)25(22)15-5-8-19(32)21(10-15)35-2/h3-11,25,32-33H,12H2,1-2H3,(H,29,30)/t25-/m1/s1. The number of ether oxygens (including phenoxy) is 1. The summed E-state index contributed by atoms with van der Waals surface area (Å²) in [4.78, 5) is 15.2. The summed E-state index contributed by atoms with van der Waals surface area (Å²) in [5.41, 5.74) is 3.69. The van der Waals surface area contributed by atoms with Crippen molar-refractivity contribution in [2.24, 2.45) is 0 Å². The third kappa shape index (κ3) is 3.85. The number of aryl methyl sites for hydroxylation is 1. The molecule has 1 atom stereocenters. The van der Waals surface area contributed by atoms with Gasteiger partial charge in [0.1, 0.15) is 23.0 Å². The van der Waals surface area contributed by atoms with Crippen LogP contribution < -0.4 is 4.74 Å². The van der Waals surface area contributed by atoms with E-state index in [2.05, 4.69) is 10.2 Å². The monoisotopic (exact) mass is 493 g/mol. The molecule has 0 saturated heterocycles. The van der Waals surface area contributed by atoms with Gasteiger partial charge in [-0.1, -0.05) is 29.8 Å². The summed E-state index contributed by atoms with van der Waals surface area (Å²) >= 11 is 6.34. The number of rotatable bonds is 5. The maximum atomic E-state index is 13.5. The molecule has 35 heavy (non-hydrogen) atoms. The van der Waals surface area contributed by atoms with E-state index in [4.69, 9.17) is 16.3 Å². The second-order valence-electron chi connectivity index (χ2n) is 8.37. The van der Waals surface area contributed by atoms with Crippen molar-refractivity contribution >= 4 is 17.5 Å². The first kappa shape index (κ1) is 22.7. The van der Waals surface area contributed by atoms with Crippen LogP contribution in [0.5, 0.6) is 17.2 Å². The van der Waals surface area contributed by atoms with E-state index in [0.717, 1.165) is 5.56 Å². The number of halogens is 2. The van der Waals surface area contributed by atoms with Crippen LogP contribution in [-0.4, -0.2) is 38.3 Å². The van der Waals surface area contributed by atoms with Crippen molar-refractivity contribution in [3.63, 3.8) is 0 Å². The highest BCUT2D eigenvalue weighted by molar-refractivity contribution is 6.31. The Balaban J connectivity index is 1.69. The number of phenols is 2. The van der Waals surface area contributed by atoms with Crippen LogP contribution in [0, 0.1) is 12.7 Å². The zero-order valence-electron chi connectivity index (χ0n) is 18.8. The molecule has 1 aliphatic heterocycles. The number of nitrogens with one attached hydrogen (secondary N) is 1. The van der Waals surface area contributed by atoms with Crippen molar-refractivity contribution in [1.29, 1.82) is 0 Å². The van der Waals surface area contributed by atoms with Gasteiger partial charge in [-0.05, 0) is 60.0 Å². The van der Waals surface area contributed by atoms with Gasteiger partial charge < -0.3 is 19.8 Å². The second kappa shape index (κ2) is 8.63. The maximum Gasteiger partial charge on any atom is 0.273 e. The van der Waals surface area contributed by atoms with Crippen molar-refractivity contribution in [1.82, 2.24) is 15.1 Å².